The Bertz CT molecular complexity index is 1980. The summed E-state index contributed by atoms with van der Waals surface area (Å²) in [7, 11) is 0. The van der Waals surface area contributed by atoms with Crippen molar-refractivity contribution in [2.24, 2.45) is 0 Å². The maximum atomic E-state index is 9.96. The number of benzene rings is 7. The molecule has 48 heavy (non-hydrogen) atoms. The third-order valence-electron chi connectivity index (χ3n) is 8.31. The molecule has 0 saturated heterocycles. The van der Waals surface area contributed by atoms with E-state index in [4.69, 9.17) is 6.57 Å². The van der Waals surface area contributed by atoms with E-state index in [-0.39, 0.29) is 0 Å². The van der Waals surface area contributed by atoms with Gasteiger partial charge in [0.2, 0.25) is 5.69 Å². The summed E-state index contributed by atoms with van der Waals surface area (Å²) >= 11 is 0. The van der Waals surface area contributed by atoms with Crippen LogP contribution in [0, 0.1) is 17.9 Å². The Morgan fingerprint density at radius 1 is 0.417 bits per heavy atom. The van der Waals surface area contributed by atoms with Crippen molar-refractivity contribution in [3.8, 4) is 28.3 Å². The lowest BCUT2D eigenvalue weighted by molar-refractivity contribution is 1.28. The van der Waals surface area contributed by atoms with Crippen LogP contribution >= 0.6 is 0 Å². The second-order valence-electron chi connectivity index (χ2n) is 11.2. The lowest BCUT2D eigenvalue weighted by atomic mass is 9.91. The lowest BCUT2D eigenvalue weighted by Gasteiger charge is -2.26. The summed E-state index contributed by atoms with van der Waals surface area (Å²) in [6.45, 7) is 7.80. The van der Waals surface area contributed by atoms with Crippen LogP contribution in [-0.4, -0.2) is 0 Å². The number of nitrogens with zero attached hydrogens (tertiary/aromatic N) is 4. The Labute approximate surface area is 281 Å². The standard InChI is InChI=1S/C44H30N4/c1-46-44-31-43(34-24-28-41(29-25-34)48(38-18-10-4-11-19-38)39-20-12-5-13-21-39)42(30-35(44)32-45)33-22-26-40(27-23-33)47(36-14-6-2-7-15-36)37-16-8-3-9-17-37/h2-31H. The normalized spacial score (nSPS) is 10.5. The maximum absolute atomic E-state index is 9.96. The average Bonchev–Trinajstić information content (AvgIpc) is 3.17. The molecule has 0 aliphatic carbocycles. The van der Waals surface area contributed by atoms with Crippen LogP contribution in [-0.2, 0) is 0 Å². The van der Waals surface area contributed by atoms with E-state index in [9.17, 15) is 5.26 Å². The quantitative estimate of drug-likeness (QED) is 0.160. The van der Waals surface area contributed by atoms with E-state index in [1.54, 1.807) is 0 Å². The third-order valence-corrected chi connectivity index (χ3v) is 8.31. The molecule has 4 heteroatoms. The number of hydrogen-bond acceptors (Lipinski definition) is 3. The number of anilines is 6. The summed E-state index contributed by atoms with van der Waals surface area (Å²) < 4.78 is 0. The van der Waals surface area contributed by atoms with E-state index >= 15 is 0 Å². The first-order valence-electron chi connectivity index (χ1n) is 15.7. The molecular weight excluding hydrogens is 585 g/mol. The third kappa shape index (κ3) is 6.03. The number of hydrogen-bond donors (Lipinski definition) is 0. The summed E-state index contributed by atoms with van der Waals surface area (Å²) in [5.74, 6) is 0. The molecule has 0 amide bonds. The molecule has 7 rings (SSSR count). The maximum Gasteiger partial charge on any atom is 0.205 e. The van der Waals surface area contributed by atoms with Gasteiger partial charge in [-0.15, -0.1) is 0 Å². The van der Waals surface area contributed by atoms with Crippen LogP contribution in [0.1, 0.15) is 5.56 Å². The van der Waals surface area contributed by atoms with Crippen LogP contribution in [0.2, 0.25) is 0 Å². The predicted molar refractivity (Wildman–Crippen MR) is 198 cm³/mol. The molecule has 4 nitrogen and oxygen atoms in total. The van der Waals surface area contributed by atoms with E-state index in [2.05, 4.69) is 118 Å². The van der Waals surface area contributed by atoms with Gasteiger partial charge in [-0.05, 0) is 107 Å². The van der Waals surface area contributed by atoms with E-state index in [0.717, 1.165) is 56.4 Å². The average molecular weight is 615 g/mol. The minimum absolute atomic E-state index is 0.339. The summed E-state index contributed by atoms with van der Waals surface area (Å²) in [4.78, 5) is 8.14. The van der Waals surface area contributed by atoms with Gasteiger partial charge < -0.3 is 9.80 Å². The minimum Gasteiger partial charge on any atom is -0.311 e. The van der Waals surface area contributed by atoms with Crippen molar-refractivity contribution in [3.63, 3.8) is 0 Å². The van der Waals surface area contributed by atoms with Gasteiger partial charge in [0, 0.05) is 34.1 Å². The molecule has 0 N–H and O–H groups in total. The zero-order valence-electron chi connectivity index (χ0n) is 26.1. The van der Waals surface area contributed by atoms with Crippen LogP contribution in [0.15, 0.2) is 182 Å². The summed E-state index contributed by atoms with van der Waals surface area (Å²) in [5.41, 5.74) is 10.7. The van der Waals surface area contributed by atoms with Gasteiger partial charge in [0.1, 0.15) is 0 Å². The van der Waals surface area contributed by atoms with Crippen molar-refractivity contribution in [2.45, 2.75) is 0 Å². The van der Waals surface area contributed by atoms with Crippen LogP contribution in [0.5, 0.6) is 0 Å². The second kappa shape index (κ2) is 13.6. The molecule has 7 aromatic carbocycles. The largest absolute Gasteiger partial charge is 0.311 e. The molecule has 0 aromatic heterocycles. The highest BCUT2D eigenvalue weighted by Crippen LogP contribution is 2.41. The van der Waals surface area contributed by atoms with Gasteiger partial charge in [0.25, 0.3) is 0 Å². The summed E-state index contributed by atoms with van der Waals surface area (Å²) in [5, 5.41) is 9.96. The Kier molecular flexibility index (Phi) is 8.46. The van der Waals surface area contributed by atoms with Crippen LogP contribution < -0.4 is 9.80 Å². The molecule has 7 aromatic rings. The van der Waals surface area contributed by atoms with Crippen LogP contribution in [0.3, 0.4) is 0 Å². The second-order valence-corrected chi connectivity index (χ2v) is 11.2. The topological polar surface area (TPSA) is 34.6 Å². The number of rotatable bonds is 8. The molecule has 0 bridgehead atoms. The molecule has 0 saturated carbocycles. The molecule has 0 heterocycles. The van der Waals surface area contributed by atoms with E-state index in [1.807, 2.05) is 84.9 Å². The predicted octanol–water partition coefficient (Wildman–Crippen LogP) is 12.4. The Morgan fingerprint density at radius 2 is 0.729 bits per heavy atom. The van der Waals surface area contributed by atoms with Gasteiger partial charge in [-0.1, -0.05) is 97.1 Å². The summed E-state index contributed by atoms with van der Waals surface area (Å²) in [6, 6.07) is 63.9. The molecule has 0 atom stereocenters. The molecule has 0 spiro atoms. The molecular formula is C44H30N4. The fourth-order valence-electron chi connectivity index (χ4n) is 6.03. The van der Waals surface area contributed by atoms with Crippen molar-refractivity contribution in [1.29, 1.82) is 5.26 Å². The zero-order chi connectivity index (χ0) is 32.7. The summed E-state index contributed by atoms with van der Waals surface area (Å²) in [6.07, 6.45) is 0. The van der Waals surface area contributed by atoms with Gasteiger partial charge in [-0.3, -0.25) is 0 Å². The van der Waals surface area contributed by atoms with E-state index in [0.29, 0.717) is 11.3 Å². The van der Waals surface area contributed by atoms with Gasteiger partial charge in [-0.25, -0.2) is 4.85 Å². The number of para-hydroxylation sites is 4. The first-order valence-corrected chi connectivity index (χ1v) is 15.7. The molecule has 0 aliphatic rings. The van der Waals surface area contributed by atoms with Crippen molar-refractivity contribution in [2.75, 3.05) is 9.80 Å². The van der Waals surface area contributed by atoms with Gasteiger partial charge >= 0.3 is 0 Å². The first kappa shape index (κ1) is 29.8. The number of nitriles is 1. The van der Waals surface area contributed by atoms with Crippen LogP contribution in [0.25, 0.3) is 27.1 Å². The van der Waals surface area contributed by atoms with Gasteiger partial charge in [0.05, 0.1) is 18.2 Å². The fraction of sp³-hybridized carbons (Fsp3) is 0. The van der Waals surface area contributed by atoms with Crippen molar-refractivity contribution < 1.29 is 0 Å². The zero-order valence-corrected chi connectivity index (χ0v) is 26.1. The molecule has 0 unspecified atom stereocenters. The Balaban J connectivity index is 1.30. The monoisotopic (exact) mass is 614 g/mol. The van der Waals surface area contributed by atoms with E-state index in [1.165, 1.54) is 0 Å². The lowest BCUT2D eigenvalue weighted by Crippen LogP contribution is -2.09. The molecule has 0 fully saturated rings. The fourth-order valence-corrected chi connectivity index (χ4v) is 6.03. The van der Waals surface area contributed by atoms with Gasteiger partial charge in [0.15, 0.2) is 0 Å². The Hall–Kier alpha value is -6.88. The molecule has 226 valence electrons. The van der Waals surface area contributed by atoms with Crippen molar-refractivity contribution in [3.05, 3.63) is 199 Å². The molecule has 0 radical (unpaired) electrons. The SMILES string of the molecule is [C-]#[N+]c1cc(-c2ccc(N(c3ccccc3)c3ccccc3)cc2)c(-c2ccc(N(c3ccccc3)c3ccccc3)cc2)cc1C#N. The minimum atomic E-state index is 0.339. The first-order chi connectivity index (χ1) is 23.7. The Morgan fingerprint density at radius 3 is 1.04 bits per heavy atom. The molecule has 0 aliphatic heterocycles. The smallest absolute Gasteiger partial charge is 0.205 e. The van der Waals surface area contributed by atoms with Crippen LogP contribution in [0.4, 0.5) is 39.8 Å². The van der Waals surface area contributed by atoms with Crippen molar-refractivity contribution >= 4 is 39.8 Å². The highest BCUT2D eigenvalue weighted by molar-refractivity contribution is 5.90. The highest BCUT2D eigenvalue weighted by Gasteiger charge is 2.17. The van der Waals surface area contributed by atoms with Crippen molar-refractivity contribution in [1.82, 2.24) is 0 Å². The van der Waals surface area contributed by atoms with Gasteiger partial charge in [-0.2, -0.15) is 5.26 Å². The van der Waals surface area contributed by atoms with E-state index < -0.39 is 0 Å². The highest BCUT2D eigenvalue weighted by atomic mass is 15.1.